The molecule has 1 aliphatic rings. The van der Waals surface area contributed by atoms with Gasteiger partial charge in [0.2, 0.25) is 0 Å². The molecule has 0 spiro atoms. The van der Waals surface area contributed by atoms with Crippen LogP contribution in [0.3, 0.4) is 0 Å². The minimum absolute atomic E-state index is 0.282. The lowest BCUT2D eigenvalue weighted by atomic mass is 10.2. The van der Waals surface area contributed by atoms with E-state index in [2.05, 4.69) is 24.8 Å². The Bertz CT molecular complexity index is 1180. The number of pyridine rings is 3. The zero-order chi connectivity index (χ0) is 21.3. The van der Waals surface area contributed by atoms with E-state index in [1.54, 1.807) is 24.4 Å². The Kier molecular flexibility index (Phi) is 5.61. The molecular formula is C20H17ClF2N6O. The van der Waals surface area contributed by atoms with Crippen molar-refractivity contribution < 1.29 is 8.78 Å². The first-order chi connectivity index (χ1) is 14.4. The number of fused-ring (bicyclic) bond motifs is 1. The van der Waals surface area contributed by atoms with Crippen LogP contribution in [-0.2, 0) is 6.54 Å². The molecule has 3 aromatic heterocycles. The number of aromatic amines is 1. The Morgan fingerprint density at radius 2 is 2.00 bits per heavy atom. The minimum atomic E-state index is -2.84. The smallest absolute Gasteiger partial charge is 0.269 e. The number of anilines is 1. The molecule has 0 radical (unpaired) electrons. The highest BCUT2D eigenvalue weighted by atomic mass is 35.5. The molecule has 3 aromatic rings. The molecule has 1 aliphatic heterocycles. The highest BCUT2D eigenvalue weighted by Crippen LogP contribution is 2.25. The van der Waals surface area contributed by atoms with Crippen molar-refractivity contribution in [3.8, 4) is 6.07 Å². The van der Waals surface area contributed by atoms with Crippen LogP contribution in [0.4, 0.5) is 14.5 Å². The van der Waals surface area contributed by atoms with E-state index in [9.17, 15) is 13.6 Å². The van der Waals surface area contributed by atoms with E-state index in [-0.39, 0.29) is 5.69 Å². The molecule has 0 bridgehead atoms. The van der Waals surface area contributed by atoms with Gasteiger partial charge in [0.1, 0.15) is 11.8 Å². The van der Waals surface area contributed by atoms with Crippen LogP contribution >= 0.6 is 11.6 Å². The van der Waals surface area contributed by atoms with Gasteiger partial charge in [-0.1, -0.05) is 11.6 Å². The number of rotatable bonds is 4. The van der Waals surface area contributed by atoms with Crippen molar-refractivity contribution >= 4 is 28.3 Å². The van der Waals surface area contributed by atoms with Crippen molar-refractivity contribution in [2.45, 2.75) is 13.0 Å². The summed E-state index contributed by atoms with van der Waals surface area (Å²) < 4.78 is 25.8. The van der Waals surface area contributed by atoms with Crippen LogP contribution in [0.5, 0.6) is 0 Å². The fraction of sp³-hybridized carbons (Fsp3) is 0.300. The summed E-state index contributed by atoms with van der Waals surface area (Å²) in [7, 11) is 0. The second kappa shape index (κ2) is 8.34. The zero-order valence-electron chi connectivity index (χ0n) is 15.8. The first-order valence-corrected chi connectivity index (χ1v) is 9.66. The molecule has 0 unspecified atom stereocenters. The second-order valence-corrected chi connectivity index (χ2v) is 7.37. The van der Waals surface area contributed by atoms with Gasteiger partial charge in [0.25, 0.3) is 12.0 Å². The lowest BCUT2D eigenvalue weighted by molar-refractivity contribution is 0.150. The van der Waals surface area contributed by atoms with Crippen LogP contribution in [0.1, 0.15) is 23.2 Å². The van der Waals surface area contributed by atoms with Crippen molar-refractivity contribution in [2.75, 3.05) is 31.1 Å². The number of nitrogens with zero attached hydrogens (tertiary/aromatic N) is 5. The van der Waals surface area contributed by atoms with E-state index >= 15 is 0 Å². The van der Waals surface area contributed by atoms with Crippen LogP contribution < -0.4 is 10.5 Å². The number of nitriles is 1. The molecule has 0 aliphatic carbocycles. The molecule has 1 fully saturated rings. The Morgan fingerprint density at radius 1 is 1.23 bits per heavy atom. The molecule has 0 atom stereocenters. The Morgan fingerprint density at radius 3 is 2.67 bits per heavy atom. The molecule has 4 heterocycles. The maximum atomic E-state index is 12.9. The van der Waals surface area contributed by atoms with Gasteiger partial charge in [-0.3, -0.25) is 14.7 Å². The summed E-state index contributed by atoms with van der Waals surface area (Å²) in [5.74, 6) is 0. The van der Waals surface area contributed by atoms with E-state index in [1.807, 2.05) is 6.07 Å². The molecule has 154 valence electrons. The molecule has 0 amide bonds. The van der Waals surface area contributed by atoms with Crippen LogP contribution in [0.25, 0.3) is 11.0 Å². The zero-order valence-corrected chi connectivity index (χ0v) is 16.5. The second-order valence-electron chi connectivity index (χ2n) is 7.01. The number of piperazine rings is 1. The summed E-state index contributed by atoms with van der Waals surface area (Å²) in [6.07, 6.45) is -1.19. The standard InChI is InChI=1S/C20H17ClF2N6O/c21-18-17(2-1-13(9-24)26-18)29-5-3-28(4-6-29)11-12-7-16-15(25-10-12)8-14(19(22)23)20(30)27-16/h1-2,7-8,10,19H,3-6,11H2,(H,27,30). The summed E-state index contributed by atoms with van der Waals surface area (Å²) >= 11 is 6.20. The summed E-state index contributed by atoms with van der Waals surface area (Å²) in [6, 6.07) is 8.33. The van der Waals surface area contributed by atoms with Crippen LogP contribution in [-0.4, -0.2) is 46.0 Å². The Balaban J connectivity index is 1.44. The maximum absolute atomic E-state index is 12.9. The van der Waals surface area contributed by atoms with Crippen molar-refractivity contribution in [2.24, 2.45) is 0 Å². The highest BCUT2D eigenvalue weighted by Gasteiger charge is 2.20. The average Bonchev–Trinajstić information content (AvgIpc) is 2.73. The Hall–Kier alpha value is -3.09. The van der Waals surface area contributed by atoms with Crippen LogP contribution in [0.2, 0.25) is 5.15 Å². The van der Waals surface area contributed by atoms with E-state index in [1.165, 1.54) is 0 Å². The van der Waals surface area contributed by atoms with Gasteiger partial charge < -0.3 is 9.88 Å². The normalized spacial score (nSPS) is 15.0. The largest absolute Gasteiger partial charge is 0.366 e. The molecule has 10 heteroatoms. The summed E-state index contributed by atoms with van der Waals surface area (Å²) in [5, 5.41) is 9.22. The maximum Gasteiger partial charge on any atom is 0.269 e. The molecule has 4 rings (SSSR count). The summed E-state index contributed by atoms with van der Waals surface area (Å²) in [5.41, 5.74) is 1.37. The van der Waals surface area contributed by atoms with Gasteiger partial charge in [0.15, 0.2) is 5.15 Å². The Labute approximate surface area is 175 Å². The van der Waals surface area contributed by atoms with Gasteiger partial charge in [-0.05, 0) is 29.8 Å². The number of nitrogens with one attached hydrogen (secondary N) is 1. The summed E-state index contributed by atoms with van der Waals surface area (Å²) in [4.78, 5) is 26.9. The van der Waals surface area contributed by atoms with Crippen molar-refractivity contribution in [3.05, 3.63) is 62.8 Å². The number of alkyl halides is 2. The van der Waals surface area contributed by atoms with Gasteiger partial charge >= 0.3 is 0 Å². The molecule has 0 saturated carbocycles. The molecule has 7 nitrogen and oxygen atoms in total. The van der Waals surface area contributed by atoms with Crippen molar-refractivity contribution in [3.63, 3.8) is 0 Å². The minimum Gasteiger partial charge on any atom is -0.366 e. The number of hydrogen-bond acceptors (Lipinski definition) is 6. The quantitative estimate of drug-likeness (QED) is 0.640. The van der Waals surface area contributed by atoms with E-state index in [0.29, 0.717) is 22.7 Å². The van der Waals surface area contributed by atoms with E-state index in [0.717, 1.165) is 43.5 Å². The van der Waals surface area contributed by atoms with Crippen molar-refractivity contribution in [1.82, 2.24) is 19.9 Å². The topological polar surface area (TPSA) is 88.9 Å². The van der Waals surface area contributed by atoms with Crippen molar-refractivity contribution in [1.29, 1.82) is 5.26 Å². The van der Waals surface area contributed by atoms with Gasteiger partial charge in [-0.2, -0.15) is 5.26 Å². The fourth-order valence-electron chi connectivity index (χ4n) is 3.52. The van der Waals surface area contributed by atoms with Gasteiger partial charge in [0.05, 0.1) is 22.3 Å². The van der Waals surface area contributed by atoms with Crippen LogP contribution in [0.15, 0.2) is 35.3 Å². The average molecular weight is 431 g/mol. The van der Waals surface area contributed by atoms with Gasteiger partial charge in [0, 0.05) is 38.9 Å². The van der Waals surface area contributed by atoms with Gasteiger partial charge in [-0.25, -0.2) is 13.8 Å². The predicted molar refractivity (Wildman–Crippen MR) is 109 cm³/mol. The fourth-order valence-corrected chi connectivity index (χ4v) is 3.79. The third-order valence-electron chi connectivity index (χ3n) is 5.08. The lowest BCUT2D eigenvalue weighted by Crippen LogP contribution is -2.46. The van der Waals surface area contributed by atoms with E-state index < -0.39 is 17.5 Å². The number of H-pyrrole nitrogens is 1. The number of halogens is 3. The van der Waals surface area contributed by atoms with Crippen LogP contribution in [0, 0.1) is 11.3 Å². The first kappa shape index (κ1) is 20.2. The number of hydrogen-bond donors (Lipinski definition) is 1. The lowest BCUT2D eigenvalue weighted by Gasteiger charge is -2.36. The predicted octanol–water partition coefficient (Wildman–Crippen LogP) is 3.10. The van der Waals surface area contributed by atoms with Gasteiger partial charge in [-0.15, -0.1) is 0 Å². The molecular weight excluding hydrogens is 414 g/mol. The monoisotopic (exact) mass is 430 g/mol. The summed E-state index contributed by atoms with van der Waals surface area (Å²) in [6.45, 7) is 3.64. The third-order valence-corrected chi connectivity index (χ3v) is 5.35. The number of aromatic nitrogens is 3. The van der Waals surface area contributed by atoms with E-state index in [4.69, 9.17) is 16.9 Å². The highest BCUT2D eigenvalue weighted by molar-refractivity contribution is 6.32. The first-order valence-electron chi connectivity index (χ1n) is 9.28. The molecule has 1 saturated heterocycles. The molecule has 30 heavy (non-hydrogen) atoms. The molecule has 0 aromatic carbocycles. The third kappa shape index (κ3) is 4.10. The molecule has 1 N–H and O–H groups in total. The SMILES string of the molecule is N#Cc1ccc(N2CCN(Cc3cnc4cc(C(F)F)c(=O)[nH]c4c3)CC2)c(Cl)n1.